The number of aryl methyl sites for hydroxylation is 1. The lowest BCUT2D eigenvalue weighted by Gasteiger charge is -2.12. The van der Waals surface area contributed by atoms with Gasteiger partial charge in [-0.25, -0.2) is 0 Å². The van der Waals surface area contributed by atoms with Crippen molar-refractivity contribution in [2.24, 2.45) is 0 Å². The summed E-state index contributed by atoms with van der Waals surface area (Å²) in [4.78, 5) is 19.7. The molecule has 0 aliphatic heterocycles. The quantitative estimate of drug-likeness (QED) is 0.772. The van der Waals surface area contributed by atoms with E-state index in [1.807, 2.05) is 50.2 Å². The number of rotatable bonds is 3. The van der Waals surface area contributed by atoms with E-state index in [1.165, 1.54) is 5.56 Å². The minimum atomic E-state index is -0.133. The predicted octanol–water partition coefficient (Wildman–Crippen LogP) is 3.36. The van der Waals surface area contributed by atoms with Crippen molar-refractivity contribution in [2.75, 3.05) is 0 Å². The van der Waals surface area contributed by atoms with Crippen LogP contribution >= 0.6 is 0 Å². The normalized spacial score (nSPS) is 12.3. The summed E-state index contributed by atoms with van der Waals surface area (Å²) in [5.74, 6) is -0.123. The Kier molecular flexibility index (Phi) is 3.44. The smallest absolute Gasteiger partial charge is 0.268 e. The van der Waals surface area contributed by atoms with Crippen LogP contribution in [0.5, 0.6) is 0 Å². The highest BCUT2D eigenvalue weighted by molar-refractivity contribution is 5.98. The molecular weight excluding hydrogens is 262 g/mol. The van der Waals surface area contributed by atoms with E-state index in [2.05, 4.69) is 21.4 Å². The number of nitrogens with zero attached hydrogens (tertiary/aromatic N) is 1. The van der Waals surface area contributed by atoms with Crippen LogP contribution in [0, 0.1) is 6.92 Å². The molecule has 4 heteroatoms. The lowest BCUT2D eigenvalue weighted by Crippen LogP contribution is -2.27. The number of carbonyl (C=O) groups excluding carboxylic acids is 1. The Hall–Kier alpha value is -2.62. The third kappa shape index (κ3) is 2.79. The summed E-state index contributed by atoms with van der Waals surface area (Å²) in [7, 11) is 0. The highest BCUT2D eigenvalue weighted by atomic mass is 16.1. The van der Waals surface area contributed by atoms with Crippen LogP contribution < -0.4 is 5.32 Å². The van der Waals surface area contributed by atoms with Crippen molar-refractivity contribution in [1.82, 2.24) is 15.3 Å². The minimum absolute atomic E-state index is 0.123. The zero-order valence-electron chi connectivity index (χ0n) is 12.1. The highest BCUT2D eigenvalue weighted by Gasteiger charge is 2.14. The molecule has 0 bridgehead atoms. The van der Waals surface area contributed by atoms with E-state index in [-0.39, 0.29) is 11.9 Å². The second-order valence-electron chi connectivity index (χ2n) is 5.22. The van der Waals surface area contributed by atoms with Gasteiger partial charge in [0.1, 0.15) is 5.69 Å². The van der Waals surface area contributed by atoms with Crippen molar-refractivity contribution < 1.29 is 4.79 Å². The molecule has 2 heterocycles. The number of benzene rings is 1. The van der Waals surface area contributed by atoms with Gasteiger partial charge in [0, 0.05) is 17.1 Å². The number of nitrogens with one attached hydrogen (secondary N) is 2. The van der Waals surface area contributed by atoms with E-state index in [1.54, 1.807) is 6.20 Å². The molecule has 106 valence electrons. The first-order chi connectivity index (χ1) is 10.1. The molecule has 3 rings (SSSR count). The largest absolute Gasteiger partial charge is 0.351 e. The summed E-state index contributed by atoms with van der Waals surface area (Å²) >= 11 is 0. The van der Waals surface area contributed by atoms with E-state index < -0.39 is 0 Å². The number of carbonyl (C=O) groups is 1. The molecule has 1 aromatic carbocycles. The predicted molar refractivity (Wildman–Crippen MR) is 83.2 cm³/mol. The van der Waals surface area contributed by atoms with Gasteiger partial charge in [-0.05, 0) is 44.2 Å². The molecule has 0 aliphatic rings. The summed E-state index contributed by atoms with van der Waals surface area (Å²) < 4.78 is 0. The second kappa shape index (κ2) is 5.40. The van der Waals surface area contributed by atoms with E-state index in [4.69, 9.17) is 0 Å². The number of H-pyrrole nitrogens is 1. The number of fused-ring (bicyclic) bond motifs is 1. The number of amides is 1. The maximum atomic E-state index is 12.3. The van der Waals surface area contributed by atoms with Gasteiger partial charge in [-0.3, -0.25) is 9.78 Å². The molecule has 3 aromatic rings. The summed E-state index contributed by atoms with van der Waals surface area (Å²) in [5, 5.41) is 4.00. The van der Waals surface area contributed by atoms with Crippen molar-refractivity contribution in [3.63, 3.8) is 0 Å². The van der Waals surface area contributed by atoms with Gasteiger partial charge < -0.3 is 10.3 Å². The van der Waals surface area contributed by atoms with Gasteiger partial charge in [0.15, 0.2) is 0 Å². The molecule has 1 amide bonds. The molecule has 0 saturated heterocycles. The van der Waals surface area contributed by atoms with E-state index >= 15 is 0 Å². The fourth-order valence-electron chi connectivity index (χ4n) is 2.35. The first-order valence-corrected chi connectivity index (χ1v) is 6.94. The molecule has 0 saturated carbocycles. The molecule has 1 unspecified atom stereocenters. The summed E-state index contributed by atoms with van der Waals surface area (Å²) in [6.07, 6.45) is 1.73. The van der Waals surface area contributed by atoms with Gasteiger partial charge >= 0.3 is 0 Å². The Bertz CT molecular complexity index is 777. The highest BCUT2D eigenvalue weighted by Crippen LogP contribution is 2.17. The van der Waals surface area contributed by atoms with Gasteiger partial charge in [0.05, 0.1) is 11.7 Å². The third-order valence-corrected chi connectivity index (χ3v) is 3.50. The van der Waals surface area contributed by atoms with Gasteiger partial charge in [-0.15, -0.1) is 0 Å². The monoisotopic (exact) mass is 279 g/mol. The lowest BCUT2D eigenvalue weighted by atomic mass is 10.2. The topological polar surface area (TPSA) is 57.8 Å². The van der Waals surface area contributed by atoms with Crippen molar-refractivity contribution in [3.8, 4) is 0 Å². The molecule has 1 atom stereocenters. The summed E-state index contributed by atoms with van der Waals surface area (Å²) in [6, 6.07) is 13.5. The molecule has 0 spiro atoms. The van der Waals surface area contributed by atoms with Gasteiger partial charge in [0.25, 0.3) is 5.91 Å². The fourth-order valence-corrected chi connectivity index (χ4v) is 2.35. The molecule has 4 nitrogen and oxygen atoms in total. The zero-order chi connectivity index (χ0) is 14.8. The average molecular weight is 279 g/mol. The van der Waals surface area contributed by atoms with Crippen LogP contribution in [0.4, 0.5) is 0 Å². The number of aromatic nitrogens is 2. The van der Waals surface area contributed by atoms with Crippen LogP contribution in [0.15, 0.2) is 48.7 Å². The first-order valence-electron chi connectivity index (χ1n) is 6.94. The summed E-state index contributed by atoms with van der Waals surface area (Å²) in [6.45, 7) is 3.96. The zero-order valence-corrected chi connectivity index (χ0v) is 12.1. The maximum absolute atomic E-state index is 12.3. The Morgan fingerprint density at radius 1 is 1.24 bits per heavy atom. The van der Waals surface area contributed by atoms with Crippen molar-refractivity contribution in [1.29, 1.82) is 0 Å². The molecule has 21 heavy (non-hydrogen) atoms. The Labute approximate surface area is 123 Å². The van der Waals surface area contributed by atoms with Crippen molar-refractivity contribution >= 4 is 16.8 Å². The summed E-state index contributed by atoms with van der Waals surface area (Å²) in [5.41, 5.74) is 3.56. The van der Waals surface area contributed by atoms with E-state index in [9.17, 15) is 4.79 Å². The molecule has 2 aromatic heterocycles. The first kappa shape index (κ1) is 13.4. The second-order valence-corrected chi connectivity index (χ2v) is 5.22. The van der Waals surface area contributed by atoms with Gasteiger partial charge in [-0.2, -0.15) is 0 Å². The average Bonchev–Trinajstić information content (AvgIpc) is 2.91. The standard InChI is InChI=1S/C17H17N3O/c1-11-6-7-15-13(9-11)10-16(20-15)17(21)19-12(2)14-5-3-4-8-18-14/h3-10,12,20H,1-2H3,(H,19,21). The Morgan fingerprint density at radius 2 is 2.10 bits per heavy atom. The van der Waals surface area contributed by atoms with E-state index in [0.29, 0.717) is 5.69 Å². The van der Waals surface area contributed by atoms with Crippen molar-refractivity contribution in [2.45, 2.75) is 19.9 Å². The molecule has 2 N–H and O–H groups in total. The fraction of sp³-hybridized carbons (Fsp3) is 0.176. The number of hydrogen-bond donors (Lipinski definition) is 2. The third-order valence-electron chi connectivity index (χ3n) is 3.50. The van der Waals surface area contributed by atoms with E-state index in [0.717, 1.165) is 16.6 Å². The SMILES string of the molecule is Cc1ccc2[nH]c(C(=O)NC(C)c3ccccn3)cc2c1. The van der Waals surface area contributed by atoms with Crippen LogP contribution in [-0.4, -0.2) is 15.9 Å². The Balaban J connectivity index is 1.80. The lowest BCUT2D eigenvalue weighted by molar-refractivity contribution is 0.0935. The molecule has 0 radical (unpaired) electrons. The number of pyridine rings is 1. The maximum Gasteiger partial charge on any atom is 0.268 e. The molecular formula is C17H17N3O. The van der Waals surface area contributed by atoms with Crippen LogP contribution in [0.1, 0.15) is 34.7 Å². The number of hydrogen-bond acceptors (Lipinski definition) is 2. The number of aromatic amines is 1. The van der Waals surface area contributed by atoms with Crippen LogP contribution in [0.2, 0.25) is 0 Å². The molecule has 0 aliphatic carbocycles. The van der Waals surface area contributed by atoms with Crippen molar-refractivity contribution in [3.05, 3.63) is 65.6 Å². The van der Waals surface area contributed by atoms with Crippen LogP contribution in [-0.2, 0) is 0 Å². The van der Waals surface area contributed by atoms with Crippen LogP contribution in [0.25, 0.3) is 10.9 Å². The molecule has 0 fully saturated rings. The van der Waals surface area contributed by atoms with Gasteiger partial charge in [-0.1, -0.05) is 17.7 Å². The van der Waals surface area contributed by atoms with Gasteiger partial charge in [0.2, 0.25) is 0 Å². The minimum Gasteiger partial charge on any atom is -0.351 e. The Morgan fingerprint density at radius 3 is 2.86 bits per heavy atom. The van der Waals surface area contributed by atoms with Crippen LogP contribution in [0.3, 0.4) is 0 Å².